The fourth-order valence-electron chi connectivity index (χ4n) is 5.53. The number of benzene rings is 3. The van der Waals surface area contributed by atoms with Gasteiger partial charge in [0.15, 0.2) is 6.23 Å². The third-order valence-electron chi connectivity index (χ3n) is 7.49. The molecule has 2 aliphatic rings. The standard InChI is InChI=1S/C28H28ClFN2O3/c29-23-12-9-20(30)16-22(23)26(34)31-21-10-7-18(8-11-21)27(35)32-15-14-28(13-3-6-25(28)33)17-19-4-1-2-5-24(19)32/h1-2,4-5,7-12,16,25,27,33,35H,3,6,13-15,17H2,(H,31,34)/t25?,27?,28-/m0/s1. The molecule has 0 bridgehead atoms. The summed E-state index contributed by atoms with van der Waals surface area (Å²) in [6.07, 6.45) is 3.27. The molecule has 3 N–H and O–H groups in total. The van der Waals surface area contributed by atoms with Crippen molar-refractivity contribution in [2.24, 2.45) is 5.41 Å². The number of para-hydroxylation sites is 1. The Morgan fingerprint density at radius 3 is 2.63 bits per heavy atom. The molecule has 1 aliphatic heterocycles. The van der Waals surface area contributed by atoms with Gasteiger partial charge in [-0.2, -0.15) is 0 Å². The first-order valence-electron chi connectivity index (χ1n) is 11.9. The zero-order valence-corrected chi connectivity index (χ0v) is 20.0. The number of rotatable bonds is 4. The molecule has 1 fully saturated rings. The van der Waals surface area contributed by atoms with Gasteiger partial charge in [-0.15, -0.1) is 0 Å². The molecule has 182 valence electrons. The Hall–Kier alpha value is -2.93. The second-order valence-electron chi connectivity index (χ2n) is 9.59. The summed E-state index contributed by atoms with van der Waals surface area (Å²) in [5.41, 5.74) is 3.23. The molecule has 7 heteroatoms. The highest BCUT2D eigenvalue weighted by Gasteiger charge is 2.44. The van der Waals surface area contributed by atoms with Gasteiger partial charge in [-0.1, -0.05) is 48.4 Å². The van der Waals surface area contributed by atoms with Crippen molar-refractivity contribution in [2.45, 2.75) is 44.4 Å². The average Bonchev–Trinajstić information content (AvgIpc) is 3.11. The first-order valence-corrected chi connectivity index (χ1v) is 12.3. The number of fused-ring (bicyclic) bond motifs is 1. The van der Waals surface area contributed by atoms with Gasteiger partial charge in [0, 0.05) is 28.9 Å². The van der Waals surface area contributed by atoms with Gasteiger partial charge >= 0.3 is 0 Å². The zero-order chi connectivity index (χ0) is 24.6. The number of carbonyl (C=O) groups excluding carboxylic acids is 1. The number of amides is 1. The highest BCUT2D eigenvalue weighted by Crippen LogP contribution is 2.48. The molecule has 3 aromatic carbocycles. The van der Waals surface area contributed by atoms with Gasteiger partial charge in [0.25, 0.3) is 5.91 Å². The fraction of sp³-hybridized carbons (Fsp3) is 0.321. The van der Waals surface area contributed by atoms with E-state index in [1.54, 1.807) is 24.3 Å². The van der Waals surface area contributed by atoms with Crippen LogP contribution < -0.4 is 10.2 Å². The Kier molecular flexibility index (Phi) is 6.53. The maximum absolute atomic E-state index is 13.5. The predicted octanol–water partition coefficient (Wildman–Crippen LogP) is 5.71. The van der Waals surface area contributed by atoms with Gasteiger partial charge in [-0.05, 0) is 67.6 Å². The topological polar surface area (TPSA) is 72.8 Å². The third kappa shape index (κ3) is 4.66. The largest absolute Gasteiger partial charge is 0.393 e. The lowest BCUT2D eigenvalue weighted by Gasteiger charge is -2.33. The molecule has 0 saturated heterocycles. The van der Waals surface area contributed by atoms with Crippen molar-refractivity contribution in [3.05, 3.63) is 94.3 Å². The van der Waals surface area contributed by atoms with Crippen molar-refractivity contribution in [1.29, 1.82) is 0 Å². The Balaban J connectivity index is 1.35. The Morgan fingerprint density at radius 2 is 1.89 bits per heavy atom. The van der Waals surface area contributed by atoms with E-state index in [1.807, 2.05) is 23.1 Å². The number of halogens is 2. The summed E-state index contributed by atoms with van der Waals surface area (Å²) in [5.74, 6) is -1.05. The number of aliphatic hydroxyl groups is 2. The van der Waals surface area contributed by atoms with Crippen LogP contribution in [0.3, 0.4) is 0 Å². The van der Waals surface area contributed by atoms with Crippen LogP contribution in [0.15, 0.2) is 66.7 Å². The van der Waals surface area contributed by atoms with E-state index in [4.69, 9.17) is 11.6 Å². The van der Waals surface area contributed by atoms with E-state index in [1.165, 1.54) is 12.1 Å². The van der Waals surface area contributed by atoms with Crippen molar-refractivity contribution < 1.29 is 19.4 Å². The van der Waals surface area contributed by atoms with E-state index >= 15 is 0 Å². The quantitative estimate of drug-likeness (QED) is 0.434. The van der Waals surface area contributed by atoms with Crippen LogP contribution in [0.4, 0.5) is 15.8 Å². The normalized spacial score (nSPS) is 22.5. The van der Waals surface area contributed by atoms with Crippen LogP contribution in [-0.2, 0) is 6.42 Å². The van der Waals surface area contributed by atoms with Crippen LogP contribution >= 0.6 is 11.6 Å². The van der Waals surface area contributed by atoms with Crippen molar-refractivity contribution in [1.82, 2.24) is 0 Å². The van der Waals surface area contributed by atoms with Gasteiger partial charge < -0.3 is 20.4 Å². The van der Waals surface area contributed by atoms with E-state index in [0.717, 1.165) is 49.4 Å². The Morgan fingerprint density at radius 1 is 1.11 bits per heavy atom. The second kappa shape index (κ2) is 9.61. The molecule has 1 spiro atoms. The number of aliphatic hydroxyl groups excluding tert-OH is 2. The smallest absolute Gasteiger partial charge is 0.257 e. The molecule has 1 aliphatic carbocycles. The fourth-order valence-corrected chi connectivity index (χ4v) is 5.74. The minimum Gasteiger partial charge on any atom is -0.393 e. The molecule has 1 heterocycles. The van der Waals surface area contributed by atoms with Gasteiger partial charge in [0.2, 0.25) is 0 Å². The summed E-state index contributed by atoms with van der Waals surface area (Å²) < 4.78 is 13.5. The highest BCUT2D eigenvalue weighted by atomic mass is 35.5. The van der Waals surface area contributed by atoms with Crippen molar-refractivity contribution in [3.8, 4) is 0 Å². The Bertz CT molecular complexity index is 1240. The van der Waals surface area contributed by atoms with Crippen molar-refractivity contribution in [2.75, 3.05) is 16.8 Å². The van der Waals surface area contributed by atoms with E-state index in [0.29, 0.717) is 17.8 Å². The third-order valence-corrected chi connectivity index (χ3v) is 7.82. The molecule has 0 aromatic heterocycles. The van der Waals surface area contributed by atoms with Crippen molar-refractivity contribution >= 4 is 28.9 Å². The summed E-state index contributed by atoms with van der Waals surface area (Å²) >= 11 is 6.04. The molecule has 35 heavy (non-hydrogen) atoms. The average molecular weight is 495 g/mol. The summed E-state index contributed by atoms with van der Waals surface area (Å²) in [4.78, 5) is 14.5. The highest BCUT2D eigenvalue weighted by molar-refractivity contribution is 6.34. The lowest BCUT2D eigenvalue weighted by Crippen LogP contribution is -2.35. The molecule has 1 amide bonds. The van der Waals surface area contributed by atoms with Gasteiger partial charge in [0.1, 0.15) is 5.82 Å². The van der Waals surface area contributed by atoms with Crippen LogP contribution in [0, 0.1) is 11.2 Å². The first-order chi connectivity index (χ1) is 16.9. The minimum atomic E-state index is -0.882. The Labute approximate surface area is 209 Å². The number of carbonyl (C=O) groups is 1. The number of nitrogens with zero attached hydrogens (tertiary/aromatic N) is 1. The van der Waals surface area contributed by atoms with Crippen LogP contribution in [0.2, 0.25) is 5.02 Å². The molecular formula is C28H28ClFN2O3. The van der Waals surface area contributed by atoms with Crippen LogP contribution in [-0.4, -0.2) is 28.8 Å². The van der Waals surface area contributed by atoms with Crippen LogP contribution in [0.5, 0.6) is 0 Å². The van der Waals surface area contributed by atoms with Gasteiger partial charge in [-0.25, -0.2) is 4.39 Å². The SMILES string of the molecule is O=C(Nc1ccc(C(O)N2CC[C@@]3(CCCC3O)Cc3ccccc32)cc1)c1cc(F)ccc1Cl. The molecule has 5 nitrogen and oxygen atoms in total. The summed E-state index contributed by atoms with van der Waals surface area (Å²) in [6.45, 7) is 0.631. The number of nitrogens with one attached hydrogen (secondary N) is 1. The van der Waals surface area contributed by atoms with E-state index in [9.17, 15) is 19.4 Å². The lowest BCUT2D eigenvalue weighted by molar-refractivity contribution is 0.0468. The predicted molar refractivity (Wildman–Crippen MR) is 135 cm³/mol. The molecule has 0 radical (unpaired) electrons. The number of hydrogen-bond acceptors (Lipinski definition) is 4. The number of hydrogen-bond donors (Lipinski definition) is 3. The minimum absolute atomic E-state index is 0.0555. The zero-order valence-electron chi connectivity index (χ0n) is 19.3. The molecular weight excluding hydrogens is 467 g/mol. The van der Waals surface area contributed by atoms with Crippen LogP contribution in [0.1, 0.15) is 53.4 Å². The molecule has 1 saturated carbocycles. The summed E-state index contributed by atoms with van der Waals surface area (Å²) in [6, 6.07) is 18.7. The number of anilines is 2. The maximum atomic E-state index is 13.5. The summed E-state index contributed by atoms with van der Waals surface area (Å²) in [5, 5.41) is 25.0. The maximum Gasteiger partial charge on any atom is 0.257 e. The van der Waals surface area contributed by atoms with Gasteiger partial charge in [-0.3, -0.25) is 4.79 Å². The van der Waals surface area contributed by atoms with E-state index in [2.05, 4.69) is 11.4 Å². The monoisotopic (exact) mass is 494 g/mol. The first kappa shape index (κ1) is 23.8. The van der Waals surface area contributed by atoms with Crippen LogP contribution in [0.25, 0.3) is 0 Å². The lowest BCUT2D eigenvalue weighted by atomic mass is 9.76. The summed E-state index contributed by atoms with van der Waals surface area (Å²) in [7, 11) is 0. The van der Waals surface area contributed by atoms with E-state index in [-0.39, 0.29) is 22.1 Å². The van der Waals surface area contributed by atoms with Crippen molar-refractivity contribution in [3.63, 3.8) is 0 Å². The van der Waals surface area contributed by atoms with E-state index < -0.39 is 18.0 Å². The molecule has 2 unspecified atom stereocenters. The van der Waals surface area contributed by atoms with Gasteiger partial charge in [0.05, 0.1) is 16.7 Å². The molecule has 3 aromatic rings. The molecule has 5 rings (SSSR count). The second-order valence-corrected chi connectivity index (χ2v) is 10.0. The molecule has 3 atom stereocenters.